The van der Waals surface area contributed by atoms with Crippen LogP contribution in [0.2, 0.25) is 0 Å². The molecule has 0 amide bonds. The van der Waals surface area contributed by atoms with Gasteiger partial charge in [0, 0.05) is 34.1 Å². The molecule has 282 valence electrons. The Morgan fingerprint density at radius 1 is 0.293 bits per heavy atom. The van der Waals surface area contributed by atoms with Crippen LogP contribution in [0.3, 0.4) is 0 Å². The molecule has 8 aromatic rings. The maximum atomic E-state index is 2.36. The summed E-state index contributed by atoms with van der Waals surface area (Å²) in [7, 11) is 0. The van der Waals surface area contributed by atoms with Gasteiger partial charge in [0.1, 0.15) is 0 Å². The molecule has 58 heavy (non-hydrogen) atoms. The van der Waals surface area contributed by atoms with Gasteiger partial charge in [0.15, 0.2) is 0 Å². The summed E-state index contributed by atoms with van der Waals surface area (Å²) in [5, 5.41) is 0. The van der Waals surface area contributed by atoms with Crippen LogP contribution in [0.1, 0.15) is 44.5 Å². The smallest absolute Gasteiger partial charge is 0.0491 e. The molecule has 0 saturated heterocycles. The van der Waals surface area contributed by atoms with Gasteiger partial charge in [-0.3, -0.25) is 0 Å². The third kappa shape index (κ3) is 8.78. The molecule has 2 heteroatoms. The molecular formula is C56H48N2. The fraction of sp³-hybridized carbons (Fsp3) is 0.0714. The molecule has 0 aliphatic carbocycles. The lowest BCUT2D eigenvalue weighted by molar-refractivity contribution is 1.24. The van der Waals surface area contributed by atoms with E-state index in [-0.39, 0.29) is 0 Å². The normalized spacial score (nSPS) is 11.3. The van der Waals surface area contributed by atoms with Gasteiger partial charge in [-0.1, -0.05) is 157 Å². The van der Waals surface area contributed by atoms with Crippen molar-refractivity contribution in [3.05, 3.63) is 239 Å². The molecule has 0 N–H and O–H groups in total. The van der Waals surface area contributed by atoms with Crippen LogP contribution in [0.25, 0.3) is 35.4 Å². The lowest BCUT2D eigenvalue weighted by Crippen LogP contribution is -2.12. The second-order valence-electron chi connectivity index (χ2n) is 15.0. The van der Waals surface area contributed by atoms with Crippen molar-refractivity contribution in [3.63, 3.8) is 0 Å². The first-order chi connectivity index (χ1) is 28.4. The van der Waals surface area contributed by atoms with Gasteiger partial charge >= 0.3 is 0 Å². The molecule has 2 nitrogen and oxygen atoms in total. The van der Waals surface area contributed by atoms with Crippen molar-refractivity contribution >= 4 is 58.4 Å². The van der Waals surface area contributed by atoms with Crippen LogP contribution >= 0.6 is 0 Å². The first-order valence-electron chi connectivity index (χ1n) is 20.0. The summed E-state index contributed by atoms with van der Waals surface area (Å²) < 4.78 is 0. The first-order valence-corrected chi connectivity index (χ1v) is 20.0. The van der Waals surface area contributed by atoms with Crippen LogP contribution in [-0.2, 0) is 0 Å². The van der Waals surface area contributed by atoms with E-state index in [9.17, 15) is 0 Å². The fourth-order valence-electron chi connectivity index (χ4n) is 7.40. The molecule has 0 aliphatic heterocycles. The van der Waals surface area contributed by atoms with Crippen LogP contribution in [0.4, 0.5) is 34.1 Å². The Morgan fingerprint density at radius 3 is 0.897 bits per heavy atom. The Bertz CT molecular complexity index is 2460. The molecule has 0 aliphatic rings. The maximum Gasteiger partial charge on any atom is 0.0491 e. The highest BCUT2D eigenvalue weighted by Gasteiger charge is 2.18. The van der Waals surface area contributed by atoms with Crippen molar-refractivity contribution < 1.29 is 0 Å². The lowest BCUT2D eigenvalue weighted by Gasteiger charge is -2.28. The average Bonchev–Trinajstić information content (AvgIpc) is 3.26. The van der Waals surface area contributed by atoms with Crippen molar-refractivity contribution in [1.82, 2.24) is 0 Å². The summed E-state index contributed by atoms with van der Waals surface area (Å²) in [4.78, 5) is 4.72. The van der Waals surface area contributed by atoms with Gasteiger partial charge in [-0.15, -0.1) is 0 Å². The molecule has 0 spiro atoms. The Balaban J connectivity index is 1.09. The Morgan fingerprint density at radius 2 is 0.586 bits per heavy atom. The number of rotatable bonds is 11. The summed E-state index contributed by atoms with van der Waals surface area (Å²) in [6.45, 7) is 8.71. The zero-order chi connectivity index (χ0) is 39.8. The van der Waals surface area contributed by atoms with Crippen LogP contribution in [-0.4, -0.2) is 0 Å². The number of hydrogen-bond acceptors (Lipinski definition) is 2. The highest BCUT2D eigenvalue weighted by Crippen LogP contribution is 2.41. The number of benzene rings is 8. The van der Waals surface area contributed by atoms with Gasteiger partial charge in [-0.2, -0.15) is 0 Å². The van der Waals surface area contributed by atoms with Crippen molar-refractivity contribution in [2.75, 3.05) is 9.80 Å². The van der Waals surface area contributed by atoms with Crippen LogP contribution in [0.15, 0.2) is 194 Å². The standard InChI is InChI=1S/C56H48N2/c1-41-15-29-51(30-16-41)57(53-33-23-47(24-34-53)21-19-45-11-7-5-8-12-45)55-37-27-49(39-43(55)3)50-28-38-56(44(4)40-50)58(52-31-17-42(2)18-32-52)54-35-25-48(26-36-54)22-20-46-13-9-6-10-14-46/h5-40H,1-4H3/b21-19+,22-20+. The molecule has 0 aromatic heterocycles. The predicted molar refractivity (Wildman–Crippen MR) is 251 cm³/mol. The zero-order valence-corrected chi connectivity index (χ0v) is 33.7. The van der Waals surface area contributed by atoms with E-state index in [0.29, 0.717) is 0 Å². The minimum absolute atomic E-state index is 1.12. The minimum atomic E-state index is 1.12. The predicted octanol–water partition coefficient (Wildman–Crippen LogP) is 15.9. The van der Waals surface area contributed by atoms with E-state index < -0.39 is 0 Å². The van der Waals surface area contributed by atoms with Crippen molar-refractivity contribution in [2.45, 2.75) is 27.7 Å². The number of hydrogen-bond donors (Lipinski definition) is 0. The molecular weight excluding hydrogens is 701 g/mol. The van der Waals surface area contributed by atoms with Gasteiger partial charge in [0.2, 0.25) is 0 Å². The molecule has 0 heterocycles. The quantitative estimate of drug-likeness (QED) is 0.122. The van der Waals surface area contributed by atoms with E-state index in [2.05, 4.69) is 244 Å². The van der Waals surface area contributed by atoms with Gasteiger partial charge in [-0.25, -0.2) is 0 Å². The third-order valence-corrected chi connectivity index (χ3v) is 10.6. The molecule has 0 saturated carbocycles. The Kier molecular flexibility index (Phi) is 11.3. The summed E-state index contributed by atoms with van der Waals surface area (Å²) in [6.07, 6.45) is 8.66. The van der Waals surface area contributed by atoms with E-state index in [1.54, 1.807) is 0 Å². The molecule has 0 fully saturated rings. The third-order valence-electron chi connectivity index (χ3n) is 10.6. The van der Waals surface area contributed by atoms with Crippen LogP contribution < -0.4 is 9.80 Å². The van der Waals surface area contributed by atoms with Crippen LogP contribution in [0.5, 0.6) is 0 Å². The number of nitrogens with zero attached hydrogens (tertiary/aromatic N) is 2. The van der Waals surface area contributed by atoms with E-state index >= 15 is 0 Å². The van der Waals surface area contributed by atoms with E-state index in [0.717, 1.165) is 45.3 Å². The topological polar surface area (TPSA) is 6.48 Å². The maximum absolute atomic E-state index is 2.36. The van der Waals surface area contributed by atoms with Crippen molar-refractivity contribution in [2.24, 2.45) is 0 Å². The van der Waals surface area contributed by atoms with Gasteiger partial charge in [0.25, 0.3) is 0 Å². The zero-order valence-electron chi connectivity index (χ0n) is 33.7. The summed E-state index contributed by atoms with van der Waals surface area (Å²) in [5.74, 6) is 0. The number of anilines is 6. The van der Waals surface area contributed by atoms with E-state index in [1.807, 2.05) is 12.1 Å². The fourth-order valence-corrected chi connectivity index (χ4v) is 7.40. The summed E-state index contributed by atoms with van der Waals surface area (Å²) in [5.41, 5.74) is 18.8. The second-order valence-corrected chi connectivity index (χ2v) is 15.0. The van der Waals surface area contributed by atoms with Crippen molar-refractivity contribution in [1.29, 1.82) is 0 Å². The molecule has 0 bridgehead atoms. The molecule has 8 rings (SSSR count). The van der Waals surface area contributed by atoms with Gasteiger partial charge in [0.05, 0.1) is 0 Å². The average molecular weight is 749 g/mol. The van der Waals surface area contributed by atoms with Crippen LogP contribution in [0, 0.1) is 27.7 Å². The largest absolute Gasteiger partial charge is 0.310 e. The molecule has 0 atom stereocenters. The minimum Gasteiger partial charge on any atom is -0.310 e. The van der Waals surface area contributed by atoms with Crippen molar-refractivity contribution in [3.8, 4) is 11.1 Å². The first kappa shape index (κ1) is 37.7. The molecule has 8 aromatic carbocycles. The summed E-state index contributed by atoms with van der Waals surface area (Å²) in [6, 6.07) is 69.8. The lowest BCUT2D eigenvalue weighted by atomic mass is 9.98. The van der Waals surface area contributed by atoms with E-state index in [4.69, 9.17) is 0 Å². The second kappa shape index (κ2) is 17.3. The number of aryl methyl sites for hydroxylation is 4. The summed E-state index contributed by atoms with van der Waals surface area (Å²) >= 11 is 0. The van der Waals surface area contributed by atoms with E-state index in [1.165, 1.54) is 44.5 Å². The monoisotopic (exact) mass is 748 g/mol. The molecule has 0 unspecified atom stereocenters. The van der Waals surface area contributed by atoms with Gasteiger partial charge in [-0.05, 0) is 145 Å². The molecule has 0 radical (unpaired) electrons. The highest BCUT2D eigenvalue weighted by atomic mass is 15.1. The SMILES string of the molecule is Cc1ccc(N(c2ccc(/C=C/c3ccccc3)cc2)c2ccc(-c3ccc(N(c4ccc(C)cc4)c4ccc(/C=C/c5ccccc5)cc4)c(C)c3)cc2C)cc1. The Hall–Kier alpha value is -7.16. The Labute approximate surface area is 344 Å². The van der Waals surface area contributed by atoms with Gasteiger partial charge < -0.3 is 9.80 Å². The highest BCUT2D eigenvalue weighted by molar-refractivity contribution is 5.84.